The van der Waals surface area contributed by atoms with Crippen molar-refractivity contribution in [1.82, 2.24) is 35.7 Å². The predicted molar refractivity (Wildman–Crippen MR) is 206 cm³/mol. The Kier molecular flexibility index (Phi) is 10.3. The van der Waals surface area contributed by atoms with Crippen LogP contribution in [-0.4, -0.2) is 104 Å². The van der Waals surface area contributed by atoms with Gasteiger partial charge in [0.2, 0.25) is 17.8 Å². The summed E-state index contributed by atoms with van der Waals surface area (Å²) in [6, 6.07) is 2.96. The number of halogens is 1. The average Bonchev–Trinajstić information content (AvgIpc) is 3.80. The third-order valence-electron chi connectivity index (χ3n) is 11.2. The van der Waals surface area contributed by atoms with Crippen molar-refractivity contribution < 1.29 is 38.5 Å². The van der Waals surface area contributed by atoms with E-state index in [1.807, 2.05) is 34.6 Å². The van der Waals surface area contributed by atoms with Crippen LogP contribution in [0, 0.1) is 23.2 Å². The molecular formula is C39H49ClN8O8. The van der Waals surface area contributed by atoms with Gasteiger partial charge in [0.05, 0.1) is 19.2 Å². The lowest BCUT2D eigenvalue weighted by atomic mass is 9.85. The van der Waals surface area contributed by atoms with Crippen molar-refractivity contribution in [2.24, 2.45) is 23.2 Å². The number of hydrogen-bond acceptors (Lipinski definition) is 11. The Hall–Kier alpha value is -5.12. The van der Waals surface area contributed by atoms with Crippen molar-refractivity contribution in [3.05, 3.63) is 35.9 Å². The van der Waals surface area contributed by atoms with E-state index in [9.17, 15) is 24.3 Å². The molecule has 1 aliphatic heterocycles. The second-order valence-corrected chi connectivity index (χ2v) is 17.2. The zero-order valence-electron chi connectivity index (χ0n) is 32.3. The Labute approximate surface area is 329 Å². The number of carboxylic acid groups (broad SMARTS) is 1. The van der Waals surface area contributed by atoms with Crippen LogP contribution in [0.25, 0.3) is 22.4 Å². The number of aliphatic carboxylic acids is 1. The summed E-state index contributed by atoms with van der Waals surface area (Å²) in [5, 5.41) is 28.0. The van der Waals surface area contributed by atoms with E-state index in [4.69, 9.17) is 30.8 Å². The maximum atomic E-state index is 14.6. The molecular weight excluding hydrogens is 744 g/mol. The Morgan fingerprint density at radius 3 is 2.45 bits per heavy atom. The smallest absolute Gasteiger partial charge is 0.408 e. The highest BCUT2D eigenvalue weighted by Crippen LogP contribution is 2.52. The number of benzene rings is 1. The number of rotatable bonds is 13. The number of ether oxygens (including phenoxy) is 3. The van der Waals surface area contributed by atoms with E-state index in [0.29, 0.717) is 51.7 Å². The third kappa shape index (κ3) is 7.67. The molecule has 7 rings (SSSR count). The van der Waals surface area contributed by atoms with Crippen molar-refractivity contribution in [1.29, 1.82) is 0 Å². The van der Waals surface area contributed by atoms with Crippen LogP contribution in [-0.2, 0) is 19.1 Å². The number of nitrogens with zero attached hydrogens (tertiary/aromatic N) is 4. The highest BCUT2D eigenvalue weighted by atomic mass is 35.5. The topological polar surface area (TPSA) is 210 Å². The molecule has 8 atom stereocenters. The van der Waals surface area contributed by atoms with Gasteiger partial charge in [0.1, 0.15) is 52.0 Å². The Bertz CT molecular complexity index is 2060. The SMILES string of the molecule is C=C[C@@H]1C[C@]1(NC(=O)[C@@H]1C[C@@H](Oc2cc(-c3nnc(NC(C)C)[nH]3)nc3c(Cl)c(OC)ccc23)CN1C(=O)[C@@H](NC(=O)O[C@@H]1C[C@@H]2C[C@@H]2C1)C(C)(C)C)C(=O)O. The number of carbonyl (C=O) groups is 4. The normalized spacial score (nSPS) is 27.0. The second-order valence-electron chi connectivity index (χ2n) is 16.8. The summed E-state index contributed by atoms with van der Waals surface area (Å²) in [4.78, 5) is 63.7. The number of aromatic nitrogens is 4. The fraction of sp³-hybridized carbons (Fsp3) is 0.564. The number of amides is 3. The molecule has 4 aliphatic rings. The zero-order valence-corrected chi connectivity index (χ0v) is 33.1. The molecule has 4 fully saturated rings. The lowest BCUT2D eigenvalue weighted by Crippen LogP contribution is -2.59. The number of anilines is 1. The molecule has 3 aliphatic carbocycles. The molecule has 3 aromatic rings. The van der Waals surface area contributed by atoms with Gasteiger partial charge in [-0.3, -0.25) is 9.59 Å². The van der Waals surface area contributed by atoms with Crippen molar-refractivity contribution >= 4 is 52.3 Å². The van der Waals surface area contributed by atoms with Gasteiger partial charge in [0.25, 0.3) is 0 Å². The fourth-order valence-corrected chi connectivity index (χ4v) is 8.33. The highest BCUT2D eigenvalue weighted by Gasteiger charge is 2.61. The van der Waals surface area contributed by atoms with Crippen LogP contribution in [0.3, 0.4) is 0 Å². The third-order valence-corrected chi connectivity index (χ3v) is 11.6. The molecule has 3 amide bonds. The number of likely N-dealkylation sites (tertiary alicyclic amines) is 1. The number of nitrogens with one attached hydrogen (secondary N) is 4. The summed E-state index contributed by atoms with van der Waals surface area (Å²) in [7, 11) is 1.49. The van der Waals surface area contributed by atoms with Gasteiger partial charge in [-0.2, -0.15) is 0 Å². The number of aromatic amines is 1. The van der Waals surface area contributed by atoms with Gasteiger partial charge in [-0.05, 0) is 68.9 Å². The number of hydrogen-bond donors (Lipinski definition) is 5. The van der Waals surface area contributed by atoms with Crippen LogP contribution in [0.5, 0.6) is 11.5 Å². The van der Waals surface area contributed by atoms with Crippen molar-refractivity contribution in [2.75, 3.05) is 19.0 Å². The van der Waals surface area contributed by atoms with Gasteiger partial charge < -0.3 is 45.2 Å². The number of fused-ring (bicyclic) bond motifs is 2. The number of H-pyrrole nitrogens is 1. The minimum Gasteiger partial charge on any atom is -0.495 e. The van der Waals surface area contributed by atoms with Gasteiger partial charge in [0, 0.05) is 29.8 Å². The van der Waals surface area contributed by atoms with E-state index in [2.05, 4.69) is 37.7 Å². The summed E-state index contributed by atoms with van der Waals surface area (Å²) >= 11 is 6.78. The first-order valence-corrected chi connectivity index (χ1v) is 19.4. The van der Waals surface area contributed by atoms with Crippen molar-refractivity contribution in [3.63, 3.8) is 0 Å². The summed E-state index contributed by atoms with van der Waals surface area (Å²) in [5.41, 5.74) is -1.62. The molecule has 1 aromatic carbocycles. The van der Waals surface area contributed by atoms with Crippen LogP contribution >= 0.6 is 11.6 Å². The molecule has 56 heavy (non-hydrogen) atoms. The van der Waals surface area contributed by atoms with Crippen molar-refractivity contribution in [3.8, 4) is 23.0 Å². The van der Waals surface area contributed by atoms with E-state index < -0.39 is 58.9 Å². The minimum absolute atomic E-state index is 0.00594. The summed E-state index contributed by atoms with van der Waals surface area (Å²) in [6.07, 6.45) is 2.80. The van der Waals surface area contributed by atoms with Gasteiger partial charge in [-0.1, -0.05) is 38.4 Å². The largest absolute Gasteiger partial charge is 0.495 e. The minimum atomic E-state index is -1.54. The lowest BCUT2D eigenvalue weighted by molar-refractivity contribution is -0.146. The van der Waals surface area contributed by atoms with E-state index in [-0.39, 0.29) is 36.6 Å². The summed E-state index contributed by atoms with van der Waals surface area (Å²) in [5.74, 6) is -0.171. The van der Waals surface area contributed by atoms with Gasteiger partial charge >= 0.3 is 12.1 Å². The molecule has 300 valence electrons. The number of carboxylic acids is 1. The van der Waals surface area contributed by atoms with Crippen LogP contribution in [0.2, 0.25) is 5.02 Å². The number of pyridine rings is 1. The quantitative estimate of drug-likeness (QED) is 0.146. The lowest BCUT2D eigenvalue weighted by Gasteiger charge is -2.35. The predicted octanol–water partition coefficient (Wildman–Crippen LogP) is 4.94. The molecule has 5 N–H and O–H groups in total. The highest BCUT2D eigenvalue weighted by molar-refractivity contribution is 6.36. The molecule has 0 radical (unpaired) electrons. The number of methoxy groups -OCH3 is 1. The molecule has 1 saturated heterocycles. The molecule has 0 spiro atoms. The van der Waals surface area contributed by atoms with E-state index in [1.165, 1.54) is 18.1 Å². The summed E-state index contributed by atoms with van der Waals surface area (Å²) < 4.78 is 17.9. The first-order valence-electron chi connectivity index (χ1n) is 19.0. The van der Waals surface area contributed by atoms with Crippen LogP contribution in [0.4, 0.5) is 10.7 Å². The molecule has 3 saturated carbocycles. The second kappa shape index (κ2) is 14.8. The summed E-state index contributed by atoms with van der Waals surface area (Å²) in [6.45, 7) is 13.0. The van der Waals surface area contributed by atoms with Crippen LogP contribution in [0.1, 0.15) is 66.7 Å². The van der Waals surface area contributed by atoms with Crippen LogP contribution < -0.4 is 25.4 Å². The zero-order chi connectivity index (χ0) is 40.3. The first kappa shape index (κ1) is 39.1. The standard InChI is InChI=1S/C39H49ClN8O8/c1-8-21-16-39(21,35(51)52)45-33(49)26-14-23(17-48(26)34(50)31(38(4,5)6)43-37(53)56-22-12-19-11-20(19)13-22)55-28-15-25(32-44-36(47-46-32)41-18(2)3)42-30-24(28)9-10-27(54-7)29(30)40/h8-10,15,18-23,26,31H,1,11-14,16-17H2,2-7H3,(H,43,53)(H,45,49)(H,51,52)(H2,41,44,46,47)/t19-,20+,21-,22+,23-,26+,31-,39-/m1/s1. The average molecular weight is 793 g/mol. The van der Waals surface area contributed by atoms with E-state index in [0.717, 1.165) is 19.3 Å². The van der Waals surface area contributed by atoms with Crippen molar-refractivity contribution in [2.45, 2.75) is 103 Å². The maximum absolute atomic E-state index is 14.6. The van der Waals surface area contributed by atoms with Crippen LogP contribution in [0.15, 0.2) is 30.9 Å². The molecule has 3 heterocycles. The Morgan fingerprint density at radius 1 is 1.09 bits per heavy atom. The Balaban J connectivity index is 1.20. The van der Waals surface area contributed by atoms with E-state index in [1.54, 1.807) is 18.2 Å². The number of alkyl carbamates (subject to hydrolysis) is 1. The monoisotopic (exact) mass is 792 g/mol. The fourth-order valence-electron chi connectivity index (χ4n) is 8.05. The van der Waals surface area contributed by atoms with E-state index >= 15 is 0 Å². The Morgan fingerprint density at radius 2 is 1.82 bits per heavy atom. The molecule has 0 bridgehead atoms. The van der Waals surface area contributed by atoms with Gasteiger partial charge in [-0.15, -0.1) is 16.8 Å². The molecule has 17 heteroatoms. The maximum Gasteiger partial charge on any atom is 0.408 e. The van der Waals surface area contributed by atoms with Gasteiger partial charge in [-0.25, -0.2) is 14.6 Å². The first-order chi connectivity index (χ1) is 26.5. The number of carbonyl (C=O) groups excluding carboxylic acids is 3. The molecule has 16 nitrogen and oxygen atoms in total. The molecule has 2 aromatic heterocycles. The molecule has 0 unspecified atom stereocenters. The van der Waals surface area contributed by atoms with Gasteiger partial charge in [0.15, 0.2) is 5.82 Å².